The molecule has 0 spiro atoms. The molecule has 1 amide bonds. The highest BCUT2D eigenvalue weighted by Gasteiger charge is 2.31. The number of phenols is 2. The summed E-state index contributed by atoms with van der Waals surface area (Å²) in [5, 5.41) is 27.5. The zero-order valence-electron chi connectivity index (χ0n) is 21.6. The highest BCUT2D eigenvalue weighted by Crippen LogP contribution is 2.28. The normalized spacial score (nSPS) is 13.1. The lowest BCUT2D eigenvalue weighted by molar-refractivity contribution is 0.0467. The van der Waals surface area contributed by atoms with Gasteiger partial charge in [0, 0.05) is 5.56 Å². The summed E-state index contributed by atoms with van der Waals surface area (Å²) in [4.78, 5) is 11.4. The summed E-state index contributed by atoms with van der Waals surface area (Å²) in [6, 6.07) is 21.0. The van der Waals surface area contributed by atoms with Crippen molar-refractivity contribution in [3.05, 3.63) is 83.9 Å². The SMILES string of the molecule is CC[C@@H](NC(C)(CCc1ccc(C(N)=O)cc1)N[C@H](CC)Oc1ccccc1O)Oc1ccccc1O. The Morgan fingerprint density at radius 3 is 1.70 bits per heavy atom. The Bertz CT molecular complexity index is 1090. The van der Waals surface area contributed by atoms with Crippen LogP contribution in [0.2, 0.25) is 0 Å². The van der Waals surface area contributed by atoms with E-state index in [1.807, 2.05) is 45.0 Å². The van der Waals surface area contributed by atoms with Crippen molar-refractivity contribution in [2.75, 3.05) is 0 Å². The molecule has 0 saturated heterocycles. The van der Waals surface area contributed by atoms with Crippen LogP contribution in [0.25, 0.3) is 0 Å². The Balaban J connectivity index is 1.80. The molecule has 8 nitrogen and oxygen atoms in total. The second-order valence-corrected chi connectivity index (χ2v) is 9.15. The van der Waals surface area contributed by atoms with Gasteiger partial charge >= 0.3 is 0 Å². The number of aromatic hydroxyl groups is 2. The Hall–Kier alpha value is -3.75. The van der Waals surface area contributed by atoms with Crippen LogP contribution < -0.4 is 25.8 Å². The average Bonchev–Trinajstić information content (AvgIpc) is 2.89. The first-order chi connectivity index (χ1) is 17.7. The number of amides is 1. The summed E-state index contributed by atoms with van der Waals surface area (Å²) in [6.07, 6.45) is 1.78. The summed E-state index contributed by atoms with van der Waals surface area (Å²) in [5.74, 6) is 0.467. The fraction of sp³-hybridized carbons (Fsp3) is 0.345. The summed E-state index contributed by atoms with van der Waals surface area (Å²) in [6.45, 7) is 6.02. The van der Waals surface area contributed by atoms with Gasteiger partial charge in [0.25, 0.3) is 0 Å². The van der Waals surface area contributed by atoms with E-state index >= 15 is 0 Å². The molecule has 8 heteroatoms. The van der Waals surface area contributed by atoms with Gasteiger partial charge in [-0.25, -0.2) is 0 Å². The van der Waals surface area contributed by atoms with Crippen molar-refractivity contribution in [3.8, 4) is 23.0 Å². The van der Waals surface area contributed by atoms with Gasteiger partial charge in [-0.1, -0.05) is 50.2 Å². The van der Waals surface area contributed by atoms with E-state index in [0.29, 0.717) is 42.7 Å². The standard InChI is InChI=1S/C29H37N3O5/c1-4-26(36-24-12-8-6-10-22(24)33)31-29(3,19-18-20-14-16-21(17-15-20)28(30)35)32-27(5-2)37-25-13-9-7-11-23(25)34/h6-17,26-27,31-34H,4-5,18-19H2,1-3H3,(H2,30,35)/t26-,27-/m0/s1. The van der Waals surface area contributed by atoms with Crippen molar-refractivity contribution in [2.24, 2.45) is 5.73 Å². The van der Waals surface area contributed by atoms with Gasteiger partial charge in [-0.15, -0.1) is 0 Å². The van der Waals surface area contributed by atoms with Crippen LogP contribution in [-0.4, -0.2) is 34.2 Å². The van der Waals surface area contributed by atoms with E-state index in [0.717, 1.165) is 5.56 Å². The lowest BCUT2D eigenvalue weighted by Crippen LogP contribution is -2.62. The van der Waals surface area contributed by atoms with Crippen LogP contribution in [0.1, 0.15) is 56.0 Å². The van der Waals surface area contributed by atoms with Crippen molar-refractivity contribution in [1.29, 1.82) is 0 Å². The van der Waals surface area contributed by atoms with Crippen LogP contribution in [0, 0.1) is 0 Å². The highest BCUT2D eigenvalue weighted by atomic mass is 16.5. The Morgan fingerprint density at radius 2 is 1.30 bits per heavy atom. The first-order valence-electron chi connectivity index (χ1n) is 12.6. The number of phenolic OH excluding ortho intramolecular Hbond substituents is 2. The van der Waals surface area contributed by atoms with E-state index in [2.05, 4.69) is 10.6 Å². The number of rotatable bonds is 14. The number of hydrogen-bond donors (Lipinski definition) is 5. The molecule has 0 saturated carbocycles. The molecule has 3 aromatic rings. The van der Waals surface area contributed by atoms with Crippen molar-refractivity contribution in [1.82, 2.24) is 10.6 Å². The number of para-hydroxylation sites is 4. The predicted octanol–water partition coefficient (Wildman–Crippen LogP) is 4.65. The van der Waals surface area contributed by atoms with Crippen molar-refractivity contribution in [2.45, 2.75) is 64.6 Å². The molecular formula is C29H37N3O5. The number of ether oxygens (including phenoxy) is 2. The van der Waals surface area contributed by atoms with E-state index in [1.54, 1.807) is 48.5 Å². The smallest absolute Gasteiger partial charge is 0.248 e. The third-order valence-electron chi connectivity index (χ3n) is 6.12. The monoisotopic (exact) mass is 507 g/mol. The Kier molecular flexibility index (Phi) is 9.77. The first-order valence-corrected chi connectivity index (χ1v) is 12.6. The fourth-order valence-corrected chi connectivity index (χ4v) is 3.98. The van der Waals surface area contributed by atoms with Gasteiger partial charge in [-0.05, 0) is 74.6 Å². The molecule has 3 aromatic carbocycles. The molecule has 2 atom stereocenters. The van der Waals surface area contributed by atoms with Crippen LogP contribution in [0.5, 0.6) is 23.0 Å². The molecule has 0 radical (unpaired) electrons. The quantitative estimate of drug-likeness (QED) is 0.201. The maximum absolute atomic E-state index is 11.4. The fourth-order valence-electron chi connectivity index (χ4n) is 3.98. The molecular weight excluding hydrogens is 470 g/mol. The minimum Gasteiger partial charge on any atom is -0.504 e. The van der Waals surface area contributed by atoms with Crippen molar-refractivity contribution < 1.29 is 24.5 Å². The number of aryl methyl sites for hydroxylation is 1. The first kappa shape index (κ1) is 27.8. The number of nitrogens with two attached hydrogens (primary N) is 1. The van der Waals surface area contributed by atoms with E-state index < -0.39 is 24.0 Å². The molecule has 3 rings (SSSR count). The predicted molar refractivity (Wildman–Crippen MR) is 144 cm³/mol. The van der Waals surface area contributed by atoms with Gasteiger partial charge in [-0.2, -0.15) is 0 Å². The number of carbonyl (C=O) groups is 1. The van der Waals surface area contributed by atoms with Gasteiger partial charge in [0.2, 0.25) is 5.91 Å². The van der Waals surface area contributed by atoms with Crippen LogP contribution in [0.15, 0.2) is 72.8 Å². The molecule has 0 aliphatic carbocycles. The Labute approximate surface area is 218 Å². The van der Waals surface area contributed by atoms with E-state index in [4.69, 9.17) is 15.2 Å². The summed E-state index contributed by atoms with van der Waals surface area (Å²) in [5.41, 5.74) is 6.21. The molecule has 6 N–H and O–H groups in total. The zero-order chi connectivity index (χ0) is 26.8. The molecule has 0 unspecified atom stereocenters. The van der Waals surface area contributed by atoms with Gasteiger partial charge in [0.1, 0.15) is 0 Å². The number of primary amides is 1. The maximum atomic E-state index is 11.4. The maximum Gasteiger partial charge on any atom is 0.248 e. The molecule has 0 fully saturated rings. The molecule has 0 heterocycles. The van der Waals surface area contributed by atoms with Crippen LogP contribution in [0.3, 0.4) is 0 Å². The van der Waals surface area contributed by atoms with Gasteiger partial charge < -0.3 is 25.4 Å². The number of hydrogen-bond acceptors (Lipinski definition) is 7. The lowest BCUT2D eigenvalue weighted by Gasteiger charge is -2.39. The number of carbonyl (C=O) groups excluding carboxylic acids is 1. The van der Waals surface area contributed by atoms with Crippen LogP contribution in [0.4, 0.5) is 0 Å². The molecule has 198 valence electrons. The second kappa shape index (κ2) is 13.0. The summed E-state index contributed by atoms with van der Waals surface area (Å²) >= 11 is 0. The molecule has 0 aliphatic rings. The third kappa shape index (κ3) is 8.13. The average molecular weight is 508 g/mol. The largest absolute Gasteiger partial charge is 0.504 e. The molecule has 0 aromatic heterocycles. The number of benzene rings is 3. The third-order valence-corrected chi connectivity index (χ3v) is 6.12. The van der Waals surface area contributed by atoms with Gasteiger partial charge in [-0.3, -0.25) is 15.4 Å². The Morgan fingerprint density at radius 1 is 0.838 bits per heavy atom. The lowest BCUT2D eigenvalue weighted by atomic mass is 9.99. The molecule has 37 heavy (non-hydrogen) atoms. The second-order valence-electron chi connectivity index (χ2n) is 9.15. The highest BCUT2D eigenvalue weighted by molar-refractivity contribution is 5.92. The minimum atomic E-state index is -0.668. The van der Waals surface area contributed by atoms with E-state index in [9.17, 15) is 15.0 Å². The van der Waals surface area contributed by atoms with Gasteiger partial charge in [0.05, 0.1) is 5.66 Å². The number of nitrogens with one attached hydrogen (secondary N) is 2. The summed E-state index contributed by atoms with van der Waals surface area (Å²) in [7, 11) is 0. The van der Waals surface area contributed by atoms with Gasteiger partial charge in [0.15, 0.2) is 35.5 Å². The van der Waals surface area contributed by atoms with Crippen LogP contribution in [-0.2, 0) is 6.42 Å². The van der Waals surface area contributed by atoms with Crippen molar-refractivity contribution >= 4 is 5.91 Å². The topological polar surface area (TPSA) is 126 Å². The van der Waals surface area contributed by atoms with E-state index in [1.165, 1.54) is 0 Å². The van der Waals surface area contributed by atoms with Crippen LogP contribution >= 0.6 is 0 Å². The molecule has 0 bridgehead atoms. The zero-order valence-corrected chi connectivity index (χ0v) is 21.6. The molecule has 0 aliphatic heterocycles. The minimum absolute atomic E-state index is 0.0706. The van der Waals surface area contributed by atoms with E-state index in [-0.39, 0.29) is 11.5 Å². The van der Waals surface area contributed by atoms with Crippen molar-refractivity contribution in [3.63, 3.8) is 0 Å². The summed E-state index contributed by atoms with van der Waals surface area (Å²) < 4.78 is 12.2.